The van der Waals surface area contributed by atoms with Gasteiger partial charge < -0.3 is 15.7 Å². The number of carbonyl (C=O) groups excluding carboxylic acids is 1. The molecule has 0 unspecified atom stereocenters. The Hall–Kier alpha value is -2.11. The van der Waals surface area contributed by atoms with Gasteiger partial charge in [0.05, 0.1) is 11.5 Å². The second-order valence-electron chi connectivity index (χ2n) is 4.13. The third kappa shape index (κ3) is 1.93. The molecule has 0 aliphatic carbocycles. The highest BCUT2D eigenvalue weighted by Crippen LogP contribution is 2.27. The monoisotopic (exact) mass is 235 g/mol. The van der Waals surface area contributed by atoms with Gasteiger partial charge in [-0.2, -0.15) is 0 Å². The molecule has 0 saturated carbocycles. The number of nitrogens with two attached hydrogens (primary N) is 1. The average Bonchev–Trinajstić information content (AvgIpc) is 2.13. The molecule has 90 valence electrons. The van der Waals surface area contributed by atoms with Crippen molar-refractivity contribution in [2.45, 2.75) is 6.92 Å². The molecule has 1 saturated heterocycles. The second kappa shape index (κ2) is 4.04. The Morgan fingerprint density at radius 3 is 2.71 bits per heavy atom. The van der Waals surface area contributed by atoms with Crippen molar-refractivity contribution in [3.05, 3.63) is 23.4 Å². The smallest absolute Gasteiger partial charge is 0.310 e. The highest BCUT2D eigenvalue weighted by Gasteiger charge is 2.35. The van der Waals surface area contributed by atoms with Crippen molar-refractivity contribution >= 4 is 17.7 Å². The van der Waals surface area contributed by atoms with Crippen molar-refractivity contribution in [3.63, 3.8) is 0 Å². The number of amides is 1. The van der Waals surface area contributed by atoms with E-state index in [0.29, 0.717) is 24.5 Å². The molecule has 0 spiro atoms. The molecule has 0 atom stereocenters. The number of carboxylic acids is 1. The third-order valence-electron chi connectivity index (χ3n) is 2.92. The highest BCUT2D eigenvalue weighted by molar-refractivity contribution is 5.99. The molecule has 1 aliphatic rings. The van der Waals surface area contributed by atoms with E-state index in [9.17, 15) is 9.59 Å². The van der Waals surface area contributed by atoms with Crippen LogP contribution in [0.25, 0.3) is 0 Å². The van der Waals surface area contributed by atoms with Crippen molar-refractivity contribution in [1.82, 2.24) is 4.98 Å². The molecule has 2 heterocycles. The summed E-state index contributed by atoms with van der Waals surface area (Å²) >= 11 is 0. The summed E-state index contributed by atoms with van der Waals surface area (Å²) in [4.78, 5) is 27.9. The number of aryl methyl sites for hydroxylation is 1. The van der Waals surface area contributed by atoms with E-state index < -0.39 is 17.8 Å². The highest BCUT2D eigenvalue weighted by atomic mass is 16.4. The first kappa shape index (κ1) is 11.4. The van der Waals surface area contributed by atoms with Crippen LogP contribution < -0.4 is 10.6 Å². The number of rotatable bonds is 3. The van der Waals surface area contributed by atoms with E-state index in [2.05, 4.69) is 4.98 Å². The number of hydrogen-bond acceptors (Lipinski definition) is 4. The van der Waals surface area contributed by atoms with Crippen molar-refractivity contribution in [3.8, 4) is 0 Å². The van der Waals surface area contributed by atoms with E-state index in [1.807, 2.05) is 0 Å². The summed E-state index contributed by atoms with van der Waals surface area (Å²) in [5.41, 5.74) is 6.43. The van der Waals surface area contributed by atoms with Gasteiger partial charge in [-0.25, -0.2) is 4.98 Å². The van der Waals surface area contributed by atoms with Crippen LogP contribution >= 0.6 is 0 Å². The molecular formula is C11H13N3O3. The van der Waals surface area contributed by atoms with Gasteiger partial charge in [0, 0.05) is 19.3 Å². The maximum absolute atomic E-state index is 11.3. The lowest BCUT2D eigenvalue weighted by Gasteiger charge is -2.38. The Kier molecular flexibility index (Phi) is 2.71. The van der Waals surface area contributed by atoms with Crippen LogP contribution in [0.2, 0.25) is 0 Å². The maximum atomic E-state index is 11.3. The van der Waals surface area contributed by atoms with Gasteiger partial charge in [-0.1, -0.05) is 0 Å². The predicted molar refractivity (Wildman–Crippen MR) is 60.8 cm³/mol. The minimum atomic E-state index is -0.825. The van der Waals surface area contributed by atoms with Crippen LogP contribution in [0, 0.1) is 12.8 Å². The number of pyridine rings is 1. The lowest BCUT2D eigenvalue weighted by Crippen LogP contribution is -2.51. The summed E-state index contributed by atoms with van der Waals surface area (Å²) in [6, 6.07) is 1.71. The van der Waals surface area contributed by atoms with Crippen molar-refractivity contribution in [2.75, 3.05) is 18.0 Å². The Bertz CT molecular complexity index is 481. The lowest BCUT2D eigenvalue weighted by atomic mass is 9.99. The van der Waals surface area contributed by atoms with Gasteiger partial charge >= 0.3 is 5.97 Å². The number of aromatic nitrogens is 1. The van der Waals surface area contributed by atoms with Gasteiger partial charge in [0.2, 0.25) is 0 Å². The third-order valence-corrected chi connectivity index (χ3v) is 2.92. The normalized spacial score (nSPS) is 15.5. The number of carbonyl (C=O) groups is 2. The summed E-state index contributed by atoms with van der Waals surface area (Å²) in [5.74, 6) is -1.27. The molecular weight excluding hydrogens is 222 g/mol. The zero-order valence-corrected chi connectivity index (χ0v) is 9.38. The zero-order chi connectivity index (χ0) is 12.6. The molecule has 3 N–H and O–H groups in total. The lowest BCUT2D eigenvalue weighted by molar-refractivity contribution is -0.142. The summed E-state index contributed by atoms with van der Waals surface area (Å²) in [6.45, 7) is 2.51. The number of aliphatic carboxylic acids is 1. The summed E-state index contributed by atoms with van der Waals surface area (Å²) in [6.07, 6.45) is 1.59. The molecule has 1 aromatic heterocycles. The quantitative estimate of drug-likeness (QED) is 0.769. The van der Waals surface area contributed by atoms with Gasteiger partial charge in [-0.3, -0.25) is 9.59 Å². The van der Waals surface area contributed by atoms with Gasteiger partial charge in [-0.05, 0) is 18.6 Å². The van der Waals surface area contributed by atoms with Crippen LogP contribution in [0.15, 0.2) is 12.3 Å². The number of hydrogen-bond donors (Lipinski definition) is 2. The minimum Gasteiger partial charge on any atom is -0.481 e. The number of anilines is 1. The van der Waals surface area contributed by atoms with E-state index in [1.165, 1.54) is 0 Å². The molecule has 0 aromatic carbocycles. The van der Waals surface area contributed by atoms with Crippen LogP contribution in [-0.2, 0) is 4.79 Å². The van der Waals surface area contributed by atoms with Crippen molar-refractivity contribution in [2.24, 2.45) is 11.7 Å². The van der Waals surface area contributed by atoms with Gasteiger partial charge in [-0.15, -0.1) is 0 Å². The maximum Gasteiger partial charge on any atom is 0.310 e. The van der Waals surface area contributed by atoms with Gasteiger partial charge in [0.25, 0.3) is 5.91 Å². The molecule has 6 nitrogen and oxygen atoms in total. The second-order valence-corrected chi connectivity index (χ2v) is 4.13. The van der Waals surface area contributed by atoms with E-state index in [4.69, 9.17) is 10.8 Å². The Morgan fingerprint density at radius 2 is 2.18 bits per heavy atom. The molecule has 1 amide bonds. The van der Waals surface area contributed by atoms with Crippen LogP contribution in [-0.4, -0.2) is 35.1 Å². The fourth-order valence-electron chi connectivity index (χ4n) is 1.90. The summed E-state index contributed by atoms with van der Waals surface area (Å²) in [5, 5.41) is 8.79. The Balaban J connectivity index is 2.26. The fourth-order valence-corrected chi connectivity index (χ4v) is 1.90. The predicted octanol–water partition coefficient (Wildman–Crippen LogP) is 0.00972. The van der Waals surface area contributed by atoms with Crippen molar-refractivity contribution < 1.29 is 14.7 Å². The standard InChI is InChI=1S/C11H13N3O3/c1-6-2-3-13-10(8(6)9(12)15)14-4-7(5-14)11(16)17/h2-3,7H,4-5H2,1H3,(H2,12,15)(H,16,17). The molecule has 0 radical (unpaired) electrons. The van der Waals surface area contributed by atoms with Crippen LogP contribution in [0.3, 0.4) is 0 Å². The molecule has 6 heteroatoms. The van der Waals surface area contributed by atoms with E-state index in [1.54, 1.807) is 24.1 Å². The van der Waals surface area contributed by atoms with E-state index in [-0.39, 0.29) is 0 Å². The molecule has 1 aliphatic heterocycles. The fraction of sp³-hybridized carbons (Fsp3) is 0.364. The van der Waals surface area contributed by atoms with Gasteiger partial charge in [0.1, 0.15) is 5.82 Å². The van der Waals surface area contributed by atoms with Gasteiger partial charge in [0.15, 0.2) is 0 Å². The number of primary amides is 1. The Labute approximate surface area is 98.1 Å². The first-order valence-electron chi connectivity index (χ1n) is 5.24. The van der Waals surface area contributed by atoms with E-state index in [0.717, 1.165) is 5.56 Å². The topological polar surface area (TPSA) is 96.5 Å². The number of carboxylic acid groups (broad SMARTS) is 1. The van der Waals surface area contributed by atoms with Crippen LogP contribution in [0.5, 0.6) is 0 Å². The Morgan fingerprint density at radius 1 is 1.53 bits per heavy atom. The van der Waals surface area contributed by atoms with Crippen LogP contribution in [0.4, 0.5) is 5.82 Å². The molecule has 17 heavy (non-hydrogen) atoms. The SMILES string of the molecule is Cc1ccnc(N2CC(C(=O)O)C2)c1C(N)=O. The molecule has 1 fully saturated rings. The minimum absolute atomic E-state index is 0.367. The summed E-state index contributed by atoms with van der Waals surface area (Å²) in [7, 11) is 0. The van der Waals surface area contributed by atoms with E-state index >= 15 is 0 Å². The first-order chi connectivity index (χ1) is 8.00. The molecule has 0 bridgehead atoms. The van der Waals surface area contributed by atoms with Crippen LogP contribution in [0.1, 0.15) is 15.9 Å². The van der Waals surface area contributed by atoms with Crippen molar-refractivity contribution in [1.29, 1.82) is 0 Å². The molecule has 2 rings (SSSR count). The summed E-state index contributed by atoms with van der Waals surface area (Å²) < 4.78 is 0. The zero-order valence-electron chi connectivity index (χ0n) is 9.38. The largest absolute Gasteiger partial charge is 0.481 e. The average molecular weight is 235 g/mol. The first-order valence-corrected chi connectivity index (χ1v) is 5.24. The number of nitrogens with zero attached hydrogens (tertiary/aromatic N) is 2. The molecule has 1 aromatic rings.